The third kappa shape index (κ3) is 3.00. The summed E-state index contributed by atoms with van der Waals surface area (Å²) in [7, 11) is 0. The van der Waals surface area contributed by atoms with Crippen LogP contribution in [0.25, 0.3) is 0 Å². The molecule has 0 radical (unpaired) electrons. The van der Waals surface area contributed by atoms with Crippen LogP contribution < -0.4 is 0 Å². The van der Waals surface area contributed by atoms with Crippen molar-refractivity contribution in [1.82, 2.24) is 4.90 Å². The van der Waals surface area contributed by atoms with E-state index in [1.807, 2.05) is 11.8 Å². The first kappa shape index (κ1) is 13.7. The molecule has 4 nitrogen and oxygen atoms in total. The van der Waals surface area contributed by atoms with Gasteiger partial charge in [0.25, 0.3) is 5.91 Å². The number of rotatable bonds is 3. The summed E-state index contributed by atoms with van der Waals surface area (Å²) in [6.45, 7) is 2.65. The van der Waals surface area contributed by atoms with Crippen LogP contribution in [0.5, 0.6) is 11.5 Å². The monoisotopic (exact) mass is 263 g/mol. The summed E-state index contributed by atoms with van der Waals surface area (Å²) >= 11 is 0. The Morgan fingerprint density at radius 3 is 2.47 bits per heavy atom. The van der Waals surface area contributed by atoms with Crippen LogP contribution in [0.1, 0.15) is 49.4 Å². The van der Waals surface area contributed by atoms with Crippen molar-refractivity contribution in [2.24, 2.45) is 0 Å². The highest BCUT2D eigenvalue weighted by atomic mass is 16.3. The second kappa shape index (κ2) is 5.95. The van der Waals surface area contributed by atoms with Gasteiger partial charge in [-0.15, -0.1) is 0 Å². The lowest BCUT2D eigenvalue weighted by molar-refractivity contribution is 0.0647. The van der Waals surface area contributed by atoms with E-state index in [2.05, 4.69) is 0 Å². The van der Waals surface area contributed by atoms with E-state index in [-0.39, 0.29) is 17.4 Å². The minimum absolute atomic E-state index is 0.0651. The number of phenols is 2. The van der Waals surface area contributed by atoms with Crippen LogP contribution in [0.3, 0.4) is 0 Å². The number of aromatic hydroxyl groups is 2. The number of phenolic OH excluding ortho intramolecular Hbond substituents is 2. The maximum absolute atomic E-state index is 12.5. The highest BCUT2D eigenvalue weighted by Gasteiger charge is 2.25. The molecular weight excluding hydrogens is 242 g/mol. The van der Waals surface area contributed by atoms with Gasteiger partial charge < -0.3 is 15.1 Å². The molecule has 0 saturated heterocycles. The summed E-state index contributed by atoms with van der Waals surface area (Å²) in [5, 5.41) is 18.8. The maximum atomic E-state index is 12.5. The average molecular weight is 263 g/mol. The van der Waals surface area contributed by atoms with Gasteiger partial charge in [-0.2, -0.15) is 0 Å². The summed E-state index contributed by atoms with van der Waals surface area (Å²) in [6, 6.07) is 4.56. The fourth-order valence-corrected chi connectivity index (χ4v) is 2.78. The normalized spacial score (nSPS) is 16.3. The topological polar surface area (TPSA) is 60.8 Å². The predicted octanol–water partition coefficient (Wildman–Crippen LogP) is 2.89. The fraction of sp³-hybridized carbons (Fsp3) is 0.533. The summed E-state index contributed by atoms with van der Waals surface area (Å²) in [5.74, 6) is -0.507. The van der Waals surface area contributed by atoms with Gasteiger partial charge >= 0.3 is 0 Å². The Bertz CT molecular complexity index is 453. The standard InChI is InChI=1S/C15H21NO3/c1-2-16(12-6-4-3-5-7-12)15(19)11-8-9-13(17)14(18)10-11/h8-10,12,17-18H,2-7H2,1H3. The van der Waals surface area contributed by atoms with Crippen molar-refractivity contribution in [2.45, 2.75) is 45.1 Å². The molecule has 0 heterocycles. The van der Waals surface area contributed by atoms with Gasteiger partial charge in [-0.25, -0.2) is 0 Å². The maximum Gasteiger partial charge on any atom is 0.254 e. The number of amides is 1. The lowest BCUT2D eigenvalue weighted by Gasteiger charge is -2.33. The molecule has 1 amide bonds. The van der Waals surface area contributed by atoms with Gasteiger partial charge in [-0.3, -0.25) is 4.79 Å². The molecule has 1 aliphatic carbocycles. The molecule has 104 valence electrons. The van der Waals surface area contributed by atoms with Crippen molar-refractivity contribution in [3.8, 4) is 11.5 Å². The molecule has 2 rings (SSSR count). The Kier molecular flexibility index (Phi) is 4.30. The van der Waals surface area contributed by atoms with Gasteiger partial charge in [0.05, 0.1) is 0 Å². The summed E-state index contributed by atoms with van der Waals surface area (Å²) in [5.41, 5.74) is 0.433. The second-order valence-corrected chi connectivity index (χ2v) is 5.09. The molecule has 1 aliphatic rings. The Hall–Kier alpha value is -1.71. The Balaban J connectivity index is 2.17. The minimum atomic E-state index is -0.245. The van der Waals surface area contributed by atoms with Crippen molar-refractivity contribution in [1.29, 1.82) is 0 Å². The third-order valence-electron chi connectivity index (χ3n) is 3.84. The molecule has 1 saturated carbocycles. The van der Waals surface area contributed by atoms with Crippen molar-refractivity contribution in [2.75, 3.05) is 6.54 Å². The van der Waals surface area contributed by atoms with Crippen molar-refractivity contribution in [3.05, 3.63) is 23.8 Å². The summed E-state index contributed by atoms with van der Waals surface area (Å²) < 4.78 is 0. The van der Waals surface area contributed by atoms with Crippen LogP contribution in [0.15, 0.2) is 18.2 Å². The van der Waals surface area contributed by atoms with Gasteiger partial charge in [0.15, 0.2) is 11.5 Å². The lowest BCUT2D eigenvalue weighted by Crippen LogP contribution is -2.41. The van der Waals surface area contributed by atoms with E-state index < -0.39 is 0 Å². The van der Waals surface area contributed by atoms with Crippen molar-refractivity contribution in [3.63, 3.8) is 0 Å². The minimum Gasteiger partial charge on any atom is -0.504 e. The number of hydrogen-bond acceptors (Lipinski definition) is 3. The molecule has 4 heteroatoms. The van der Waals surface area contributed by atoms with E-state index in [9.17, 15) is 15.0 Å². The number of hydrogen-bond donors (Lipinski definition) is 2. The largest absolute Gasteiger partial charge is 0.504 e. The van der Waals surface area contributed by atoms with Crippen molar-refractivity contribution < 1.29 is 15.0 Å². The Labute approximate surface area is 113 Å². The molecule has 0 unspecified atom stereocenters. The number of nitrogens with zero attached hydrogens (tertiary/aromatic N) is 1. The van der Waals surface area contributed by atoms with Crippen LogP contribution in [0.4, 0.5) is 0 Å². The molecule has 1 aromatic rings. The van der Waals surface area contributed by atoms with Gasteiger partial charge in [-0.1, -0.05) is 19.3 Å². The van der Waals surface area contributed by atoms with Crippen LogP contribution in [-0.4, -0.2) is 33.6 Å². The van der Waals surface area contributed by atoms with Crippen LogP contribution >= 0.6 is 0 Å². The first-order valence-electron chi connectivity index (χ1n) is 6.96. The van der Waals surface area contributed by atoms with Gasteiger partial charge in [0.1, 0.15) is 0 Å². The zero-order chi connectivity index (χ0) is 13.8. The molecule has 0 atom stereocenters. The highest BCUT2D eigenvalue weighted by molar-refractivity contribution is 5.95. The van der Waals surface area contributed by atoms with E-state index in [0.29, 0.717) is 18.2 Å². The fourth-order valence-electron chi connectivity index (χ4n) is 2.78. The van der Waals surface area contributed by atoms with E-state index in [4.69, 9.17) is 0 Å². The molecule has 1 aromatic carbocycles. The van der Waals surface area contributed by atoms with E-state index >= 15 is 0 Å². The molecule has 0 aliphatic heterocycles. The van der Waals surface area contributed by atoms with E-state index in [1.165, 1.54) is 31.4 Å². The first-order chi connectivity index (χ1) is 9.13. The highest BCUT2D eigenvalue weighted by Crippen LogP contribution is 2.28. The quantitative estimate of drug-likeness (QED) is 0.824. The average Bonchev–Trinajstić information content (AvgIpc) is 2.44. The second-order valence-electron chi connectivity index (χ2n) is 5.09. The number of carbonyl (C=O) groups excluding carboxylic acids is 1. The number of benzene rings is 1. The molecule has 2 N–H and O–H groups in total. The molecule has 19 heavy (non-hydrogen) atoms. The lowest BCUT2D eigenvalue weighted by atomic mass is 9.93. The van der Waals surface area contributed by atoms with Gasteiger partial charge in [-0.05, 0) is 38.0 Å². The molecule has 0 aromatic heterocycles. The number of carbonyl (C=O) groups is 1. The molecule has 0 bridgehead atoms. The Morgan fingerprint density at radius 2 is 1.89 bits per heavy atom. The summed E-state index contributed by atoms with van der Waals surface area (Å²) in [4.78, 5) is 14.4. The van der Waals surface area contributed by atoms with Crippen molar-refractivity contribution >= 4 is 5.91 Å². The molecule has 1 fully saturated rings. The third-order valence-corrected chi connectivity index (χ3v) is 3.84. The zero-order valence-corrected chi connectivity index (χ0v) is 11.3. The van der Waals surface area contributed by atoms with E-state index in [0.717, 1.165) is 12.8 Å². The summed E-state index contributed by atoms with van der Waals surface area (Å²) in [6.07, 6.45) is 5.72. The van der Waals surface area contributed by atoms with Gasteiger partial charge in [0.2, 0.25) is 0 Å². The molecular formula is C15H21NO3. The van der Waals surface area contributed by atoms with Crippen LogP contribution in [0.2, 0.25) is 0 Å². The van der Waals surface area contributed by atoms with Crippen LogP contribution in [0, 0.1) is 0 Å². The molecule has 0 spiro atoms. The first-order valence-corrected chi connectivity index (χ1v) is 6.96. The Morgan fingerprint density at radius 1 is 1.21 bits per heavy atom. The zero-order valence-electron chi connectivity index (χ0n) is 11.3. The SMILES string of the molecule is CCN(C(=O)c1ccc(O)c(O)c1)C1CCCCC1. The van der Waals surface area contributed by atoms with E-state index in [1.54, 1.807) is 6.07 Å². The predicted molar refractivity (Wildman–Crippen MR) is 73.4 cm³/mol. The van der Waals surface area contributed by atoms with Crippen LogP contribution in [-0.2, 0) is 0 Å². The van der Waals surface area contributed by atoms with Gasteiger partial charge in [0, 0.05) is 18.2 Å². The smallest absolute Gasteiger partial charge is 0.254 e.